The van der Waals surface area contributed by atoms with Gasteiger partial charge in [-0.25, -0.2) is 0 Å². The SMILES string of the molecule is N[C@H]1C=C(c2ccc3c(c2)C2(CCCCC2)NC3=O)c2ccc(C3CCC3)nc21. The zero-order valence-corrected chi connectivity index (χ0v) is 16.7. The van der Waals surface area contributed by atoms with Crippen molar-refractivity contribution < 1.29 is 4.79 Å². The number of nitrogens with zero attached hydrogens (tertiary/aromatic N) is 1. The summed E-state index contributed by atoms with van der Waals surface area (Å²) < 4.78 is 0. The van der Waals surface area contributed by atoms with Crippen LogP contribution in [0.2, 0.25) is 0 Å². The smallest absolute Gasteiger partial charge is 0.252 e. The van der Waals surface area contributed by atoms with Crippen LogP contribution in [0.4, 0.5) is 0 Å². The Balaban J connectivity index is 1.41. The van der Waals surface area contributed by atoms with Gasteiger partial charge < -0.3 is 11.1 Å². The quantitative estimate of drug-likeness (QED) is 0.787. The molecule has 0 bridgehead atoms. The molecule has 6 rings (SSSR count). The molecule has 29 heavy (non-hydrogen) atoms. The third-order valence-corrected chi connectivity index (χ3v) is 7.57. The van der Waals surface area contributed by atoms with Crippen molar-refractivity contribution in [2.24, 2.45) is 5.73 Å². The largest absolute Gasteiger partial charge is 0.342 e. The number of nitrogens with two attached hydrogens (primary N) is 1. The molecule has 3 aliphatic carbocycles. The Bertz CT molecular complexity index is 1040. The summed E-state index contributed by atoms with van der Waals surface area (Å²) in [4.78, 5) is 17.6. The molecule has 2 saturated carbocycles. The minimum absolute atomic E-state index is 0.0813. The number of rotatable bonds is 2. The maximum Gasteiger partial charge on any atom is 0.252 e. The molecule has 1 amide bonds. The minimum atomic E-state index is -0.170. The number of aromatic nitrogens is 1. The van der Waals surface area contributed by atoms with Crippen LogP contribution in [0.5, 0.6) is 0 Å². The molecule has 148 valence electrons. The third-order valence-electron chi connectivity index (χ3n) is 7.57. The first-order valence-corrected chi connectivity index (χ1v) is 11.1. The van der Waals surface area contributed by atoms with Crippen LogP contribution in [-0.2, 0) is 5.54 Å². The van der Waals surface area contributed by atoms with E-state index in [1.165, 1.54) is 49.8 Å². The van der Waals surface area contributed by atoms with E-state index in [1.807, 2.05) is 6.07 Å². The summed E-state index contributed by atoms with van der Waals surface area (Å²) in [6.07, 6.45) is 11.6. The predicted octanol–water partition coefficient (Wildman–Crippen LogP) is 4.70. The molecule has 2 aromatic rings. The van der Waals surface area contributed by atoms with Crippen molar-refractivity contribution in [2.45, 2.75) is 68.9 Å². The lowest BCUT2D eigenvalue weighted by Gasteiger charge is -2.34. The van der Waals surface area contributed by atoms with Crippen molar-refractivity contribution in [2.75, 3.05) is 0 Å². The molecular formula is C25H27N3O. The summed E-state index contributed by atoms with van der Waals surface area (Å²) in [5.41, 5.74) is 14.0. The molecule has 1 aromatic carbocycles. The summed E-state index contributed by atoms with van der Waals surface area (Å²) in [5.74, 6) is 0.692. The minimum Gasteiger partial charge on any atom is -0.342 e. The second kappa shape index (κ2) is 6.27. The Morgan fingerprint density at radius 3 is 2.55 bits per heavy atom. The van der Waals surface area contributed by atoms with Crippen molar-refractivity contribution >= 4 is 11.5 Å². The van der Waals surface area contributed by atoms with Crippen LogP contribution in [-0.4, -0.2) is 10.9 Å². The number of carbonyl (C=O) groups is 1. The van der Waals surface area contributed by atoms with Crippen molar-refractivity contribution in [1.82, 2.24) is 10.3 Å². The fourth-order valence-electron chi connectivity index (χ4n) is 5.71. The second-order valence-electron chi connectivity index (χ2n) is 9.26. The maximum absolute atomic E-state index is 12.6. The van der Waals surface area contributed by atoms with Crippen LogP contribution in [0.15, 0.2) is 36.4 Å². The zero-order chi connectivity index (χ0) is 19.6. The van der Waals surface area contributed by atoms with E-state index in [4.69, 9.17) is 10.7 Å². The van der Waals surface area contributed by atoms with Gasteiger partial charge in [-0.1, -0.05) is 43.9 Å². The number of hydrogen-bond acceptors (Lipinski definition) is 3. The van der Waals surface area contributed by atoms with Gasteiger partial charge in [-0.2, -0.15) is 0 Å². The van der Waals surface area contributed by atoms with Crippen molar-refractivity contribution in [3.8, 4) is 0 Å². The van der Waals surface area contributed by atoms with E-state index in [0.29, 0.717) is 5.92 Å². The molecule has 3 N–H and O–H groups in total. The van der Waals surface area contributed by atoms with Gasteiger partial charge in [0, 0.05) is 22.7 Å². The highest BCUT2D eigenvalue weighted by Gasteiger charge is 2.43. The predicted molar refractivity (Wildman–Crippen MR) is 114 cm³/mol. The van der Waals surface area contributed by atoms with Crippen LogP contribution in [0.25, 0.3) is 5.57 Å². The summed E-state index contributed by atoms with van der Waals surface area (Å²) in [7, 11) is 0. The normalized spacial score (nSPS) is 24.7. The van der Waals surface area contributed by atoms with Crippen molar-refractivity contribution in [3.05, 3.63) is 70.0 Å². The molecule has 1 spiro atoms. The Labute approximate surface area is 171 Å². The molecule has 2 heterocycles. The fraction of sp³-hybridized carbons (Fsp3) is 0.440. The second-order valence-corrected chi connectivity index (χ2v) is 9.26. The Morgan fingerprint density at radius 1 is 1.00 bits per heavy atom. The van der Waals surface area contributed by atoms with E-state index in [1.54, 1.807) is 0 Å². The van der Waals surface area contributed by atoms with Gasteiger partial charge in [0.2, 0.25) is 0 Å². The number of hydrogen-bond donors (Lipinski definition) is 2. The fourth-order valence-corrected chi connectivity index (χ4v) is 5.71. The lowest BCUT2D eigenvalue weighted by atomic mass is 9.76. The average molecular weight is 386 g/mol. The van der Waals surface area contributed by atoms with Crippen LogP contribution in [0, 0.1) is 0 Å². The van der Waals surface area contributed by atoms with E-state index >= 15 is 0 Å². The first-order valence-electron chi connectivity index (χ1n) is 11.1. The molecular weight excluding hydrogens is 358 g/mol. The molecule has 4 aliphatic rings. The molecule has 1 aliphatic heterocycles. The van der Waals surface area contributed by atoms with Crippen molar-refractivity contribution in [1.29, 1.82) is 0 Å². The molecule has 0 saturated heterocycles. The van der Waals surface area contributed by atoms with Gasteiger partial charge in [0.25, 0.3) is 5.91 Å². The van der Waals surface area contributed by atoms with Gasteiger partial charge in [-0.3, -0.25) is 9.78 Å². The Morgan fingerprint density at radius 2 is 1.79 bits per heavy atom. The number of carbonyl (C=O) groups excluding carboxylic acids is 1. The monoisotopic (exact) mass is 385 g/mol. The van der Waals surface area contributed by atoms with Crippen LogP contribution in [0.3, 0.4) is 0 Å². The van der Waals surface area contributed by atoms with Gasteiger partial charge in [-0.05, 0) is 60.6 Å². The van der Waals surface area contributed by atoms with E-state index in [2.05, 4.69) is 35.7 Å². The number of pyridine rings is 1. The Kier molecular flexibility index (Phi) is 3.76. The highest BCUT2D eigenvalue weighted by atomic mass is 16.2. The van der Waals surface area contributed by atoms with E-state index in [0.717, 1.165) is 40.8 Å². The number of nitrogens with one attached hydrogen (secondary N) is 1. The summed E-state index contributed by atoms with van der Waals surface area (Å²) >= 11 is 0. The standard InChI is InChI=1S/C25H27N3O/c26-21-14-19(17-9-10-22(27-23(17)21)15-5-4-6-15)16-7-8-18-20(13-16)25(28-24(18)29)11-2-1-3-12-25/h7-10,13-15,21H,1-6,11-12,26H2,(H,28,29)/t21-/m0/s1. The molecule has 1 atom stereocenters. The topological polar surface area (TPSA) is 68.0 Å². The van der Waals surface area contributed by atoms with E-state index in [-0.39, 0.29) is 17.5 Å². The number of benzene rings is 1. The van der Waals surface area contributed by atoms with Crippen LogP contribution >= 0.6 is 0 Å². The maximum atomic E-state index is 12.6. The van der Waals surface area contributed by atoms with Gasteiger partial charge >= 0.3 is 0 Å². The molecule has 4 heteroatoms. The van der Waals surface area contributed by atoms with E-state index < -0.39 is 0 Å². The lowest BCUT2D eigenvalue weighted by molar-refractivity contribution is 0.0909. The van der Waals surface area contributed by atoms with Gasteiger partial charge in [0.1, 0.15) is 0 Å². The first-order chi connectivity index (χ1) is 14.1. The van der Waals surface area contributed by atoms with Gasteiger partial charge in [-0.15, -0.1) is 0 Å². The highest BCUT2D eigenvalue weighted by Crippen LogP contribution is 2.45. The molecule has 2 fully saturated rings. The molecule has 4 nitrogen and oxygen atoms in total. The summed E-state index contributed by atoms with van der Waals surface area (Å²) in [5, 5.41) is 3.32. The third kappa shape index (κ3) is 2.55. The van der Waals surface area contributed by atoms with Crippen LogP contribution < -0.4 is 11.1 Å². The van der Waals surface area contributed by atoms with Gasteiger partial charge in [0.05, 0.1) is 17.3 Å². The highest BCUT2D eigenvalue weighted by molar-refractivity contribution is 6.01. The summed E-state index contributed by atoms with van der Waals surface area (Å²) in [6.45, 7) is 0. The van der Waals surface area contributed by atoms with E-state index in [9.17, 15) is 4.79 Å². The first kappa shape index (κ1) is 17.4. The Hall–Kier alpha value is -2.46. The average Bonchev–Trinajstić information content (AvgIpc) is 3.16. The molecule has 0 radical (unpaired) electrons. The molecule has 0 unspecified atom stereocenters. The van der Waals surface area contributed by atoms with Crippen molar-refractivity contribution in [3.63, 3.8) is 0 Å². The van der Waals surface area contributed by atoms with Gasteiger partial charge in [0.15, 0.2) is 0 Å². The molecule has 1 aromatic heterocycles. The summed E-state index contributed by atoms with van der Waals surface area (Å²) in [6, 6.07) is 10.6. The lowest BCUT2D eigenvalue weighted by Crippen LogP contribution is -2.40. The van der Waals surface area contributed by atoms with Crippen LogP contribution in [0.1, 0.15) is 102 Å². The number of fused-ring (bicyclic) bond motifs is 3. The number of amides is 1. The zero-order valence-electron chi connectivity index (χ0n) is 16.7.